The molecule has 48 heavy (non-hydrogen) atoms. The van der Waals surface area contributed by atoms with E-state index in [-0.39, 0.29) is 26.6 Å². The number of hydrogen-bond acceptors (Lipinski definition) is 8. The number of ether oxygens (including phenoxy) is 1. The van der Waals surface area contributed by atoms with Gasteiger partial charge in [0.05, 0.1) is 28.7 Å². The van der Waals surface area contributed by atoms with Crippen LogP contribution >= 0.6 is 23.1 Å². The normalized spacial score (nSPS) is 11.2. The van der Waals surface area contributed by atoms with E-state index in [2.05, 4.69) is 16.0 Å². The zero-order valence-corrected chi connectivity index (χ0v) is 27.3. The van der Waals surface area contributed by atoms with E-state index in [0.29, 0.717) is 27.4 Å². The summed E-state index contributed by atoms with van der Waals surface area (Å²) < 4.78 is 5.00. The van der Waals surface area contributed by atoms with E-state index in [1.165, 1.54) is 37.1 Å². The number of methoxy groups -OCH3 is 1. The highest BCUT2D eigenvalue weighted by Gasteiger charge is 2.29. The Kier molecular flexibility index (Phi) is 10.7. The molecule has 1 aromatic heterocycles. The van der Waals surface area contributed by atoms with Crippen LogP contribution in [-0.4, -0.2) is 41.9 Å². The van der Waals surface area contributed by atoms with E-state index in [1.807, 2.05) is 12.1 Å². The van der Waals surface area contributed by atoms with E-state index in [9.17, 15) is 29.1 Å². The summed E-state index contributed by atoms with van der Waals surface area (Å²) in [4.78, 5) is 65.6. The molecule has 0 spiro atoms. The summed E-state index contributed by atoms with van der Waals surface area (Å²) in [6, 6.07) is 30.6. The molecule has 12 heteroatoms. The molecule has 0 bridgehead atoms. The molecule has 10 nitrogen and oxygen atoms in total. The molecule has 5 aromatic rings. The number of carbonyl (C=O) groups is 5. The van der Waals surface area contributed by atoms with Crippen molar-refractivity contribution >= 4 is 69.1 Å². The second kappa shape index (κ2) is 15.2. The molecule has 1 heterocycles. The molecule has 4 aromatic carbocycles. The van der Waals surface area contributed by atoms with Gasteiger partial charge in [0.15, 0.2) is 0 Å². The molecule has 0 saturated carbocycles. The van der Waals surface area contributed by atoms with Gasteiger partial charge in [-0.15, -0.1) is 23.1 Å². The van der Waals surface area contributed by atoms with Crippen molar-refractivity contribution < 1.29 is 33.8 Å². The molecule has 1 atom stereocenters. The predicted octanol–water partition coefficient (Wildman–Crippen LogP) is 7.52. The van der Waals surface area contributed by atoms with Crippen molar-refractivity contribution in [2.45, 2.75) is 17.1 Å². The lowest BCUT2D eigenvalue weighted by molar-refractivity contribution is -0.115. The second-order valence-corrected chi connectivity index (χ2v) is 12.5. The van der Waals surface area contributed by atoms with Crippen LogP contribution in [0.3, 0.4) is 0 Å². The van der Waals surface area contributed by atoms with Crippen molar-refractivity contribution in [1.82, 2.24) is 0 Å². The Balaban J connectivity index is 1.42. The Morgan fingerprint density at radius 3 is 2.00 bits per heavy atom. The van der Waals surface area contributed by atoms with Gasteiger partial charge >= 0.3 is 11.9 Å². The lowest BCUT2D eigenvalue weighted by atomic mass is 10.1. The van der Waals surface area contributed by atoms with Crippen molar-refractivity contribution in [3.8, 4) is 0 Å². The van der Waals surface area contributed by atoms with Crippen LogP contribution in [-0.2, 0) is 9.53 Å². The number of amides is 3. The first-order valence-corrected chi connectivity index (χ1v) is 16.2. The second-order valence-electron chi connectivity index (χ2n) is 10.3. The fourth-order valence-corrected chi connectivity index (χ4v) is 6.98. The average molecular weight is 680 g/mol. The number of thiophene rings is 1. The number of carbonyl (C=O) groups excluding carboxylic acids is 4. The number of rotatable bonds is 11. The largest absolute Gasteiger partial charge is 0.478 e. The molecule has 0 saturated heterocycles. The Morgan fingerprint density at radius 1 is 0.729 bits per heavy atom. The first-order valence-electron chi connectivity index (χ1n) is 14.5. The van der Waals surface area contributed by atoms with Gasteiger partial charge in [-0.2, -0.15) is 0 Å². The summed E-state index contributed by atoms with van der Waals surface area (Å²) in [7, 11) is 1.23. The summed E-state index contributed by atoms with van der Waals surface area (Å²) in [5.74, 6) is -3.41. The lowest BCUT2D eigenvalue weighted by Gasteiger charge is -2.18. The molecule has 4 N–H and O–H groups in total. The third-order valence-electron chi connectivity index (χ3n) is 7.10. The number of aromatic carboxylic acids is 1. The van der Waals surface area contributed by atoms with E-state index >= 15 is 0 Å². The molecule has 0 fully saturated rings. The van der Waals surface area contributed by atoms with Crippen LogP contribution in [0.4, 0.5) is 16.4 Å². The highest BCUT2D eigenvalue weighted by Crippen LogP contribution is 2.40. The summed E-state index contributed by atoms with van der Waals surface area (Å²) in [5.41, 5.74) is 1.97. The van der Waals surface area contributed by atoms with Crippen molar-refractivity contribution in [3.05, 3.63) is 142 Å². The summed E-state index contributed by atoms with van der Waals surface area (Å²) >= 11 is 2.18. The van der Waals surface area contributed by atoms with Crippen LogP contribution in [0, 0.1) is 6.92 Å². The van der Waals surface area contributed by atoms with Gasteiger partial charge in [0, 0.05) is 16.3 Å². The van der Waals surface area contributed by atoms with Gasteiger partial charge in [-0.3, -0.25) is 14.4 Å². The fraction of sp³-hybridized carbons (Fsp3) is 0.0833. The molecular weight excluding hydrogens is 651 g/mol. The monoisotopic (exact) mass is 679 g/mol. The van der Waals surface area contributed by atoms with Gasteiger partial charge in [-0.1, -0.05) is 66.7 Å². The number of nitrogens with one attached hydrogen (secondary N) is 3. The lowest BCUT2D eigenvalue weighted by Crippen LogP contribution is -2.20. The van der Waals surface area contributed by atoms with Gasteiger partial charge < -0.3 is 25.8 Å². The van der Waals surface area contributed by atoms with Crippen molar-refractivity contribution in [1.29, 1.82) is 0 Å². The van der Waals surface area contributed by atoms with Crippen molar-refractivity contribution in [3.63, 3.8) is 0 Å². The number of hydrogen-bond donors (Lipinski definition) is 4. The quantitative estimate of drug-likeness (QED) is 0.0827. The standard InChI is InChI=1S/C36H29N3O7S2/c1-21-28(36(45)46-2)34(48-29(21)32(41)37-23-14-7-4-8-15-23)39-33(42)30(22-12-5-3-6-13-22)47-25-17-11-16-24(20-25)38-31(40)26-18-9-10-19-27(26)35(43)44/h3-20,30H,1-2H3,(H,37,41)(H,38,40)(H,39,42)(H,43,44). The Labute approximate surface area is 284 Å². The Morgan fingerprint density at radius 2 is 1.33 bits per heavy atom. The highest BCUT2D eigenvalue weighted by molar-refractivity contribution is 8.00. The van der Waals surface area contributed by atoms with Gasteiger partial charge in [-0.25, -0.2) is 9.59 Å². The Hall–Kier alpha value is -5.72. The third kappa shape index (κ3) is 7.80. The van der Waals surface area contributed by atoms with E-state index in [4.69, 9.17) is 4.74 Å². The van der Waals surface area contributed by atoms with Crippen molar-refractivity contribution in [2.75, 3.05) is 23.1 Å². The zero-order valence-electron chi connectivity index (χ0n) is 25.7. The maximum absolute atomic E-state index is 14.0. The number of carboxylic acids is 1. The van der Waals surface area contributed by atoms with Crippen LogP contribution in [0.2, 0.25) is 0 Å². The highest BCUT2D eigenvalue weighted by atomic mass is 32.2. The van der Waals surface area contributed by atoms with Gasteiger partial charge in [0.25, 0.3) is 11.8 Å². The predicted molar refractivity (Wildman–Crippen MR) is 186 cm³/mol. The number of anilines is 3. The third-order valence-corrected chi connectivity index (χ3v) is 9.55. The number of esters is 1. The average Bonchev–Trinajstić information content (AvgIpc) is 3.42. The van der Waals surface area contributed by atoms with Gasteiger partial charge in [0.1, 0.15) is 10.3 Å². The summed E-state index contributed by atoms with van der Waals surface area (Å²) in [5, 5.41) is 17.2. The van der Waals surface area contributed by atoms with Crippen LogP contribution in [0.15, 0.2) is 114 Å². The summed E-state index contributed by atoms with van der Waals surface area (Å²) in [6.45, 7) is 1.62. The number of benzene rings is 4. The first kappa shape index (κ1) is 33.6. The number of para-hydroxylation sites is 1. The molecule has 242 valence electrons. The van der Waals surface area contributed by atoms with E-state index in [1.54, 1.807) is 85.8 Å². The number of thioether (sulfide) groups is 1. The fourth-order valence-electron chi connectivity index (χ4n) is 4.80. The molecule has 5 rings (SSSR count). The van der Waals surface area contributed by atoms with Gasteiger partial charge in [0.2, 0.25) is 5.91 Å². The number of carboxylic acid groups (broad SMARTS) is 1. The minimum absolute atomic E-state index is 0.00840. The molecule has 0 aliphatic carbocycles. The zero-order chi connectivity index (χ0) is 34.2. The molecule has 3 amide bonds. The molecule has 1 unspecified atom stereocenters. The first-order chi connectivity index (χ1) is 23.2. The molecule has 0 radical (unpaired) electrons. The summed E-state index contributed by atoms with van der Waals surface area (Å²) in [6.07, 6.45) is 0. The van der Waals surface area contributed by atoms with E-state index < -0.39 is 34.9 Å². The Bertz CT molecular complexity index is 2000. The van der Waals surface area contributed by atoms with E-state index in [0.717, 1.165) is 11.3 Å². The molecule has 0 aliphatic rings. The van der Waals surface area contributed by atoms with Crippen molar-refractivity contribution in [2.24, 2.45) is 0 Å². The van der Waals surface area contributed by atoms with Crippen LogP contribution in [0.25, 0.3) is 0 Å². The molecule has 0 aliphatic heterocycles. The topological polar surface area (TPSA) is 151 Å². The van der Waals surface area contributed by atoms with Crippen LogP contribution < -0.4 is 16.0 Å². The minimum Gasteiger partial charge on any atom is -0.478 e. The molecular formula is C36H29N3O7S2. The maximum atomic E-state index is 14.0. The SMILES string of the molecule is COC(=O)c1c(NC(=O)C(Sc2cccc(NC(=O)c3ccccc3C(=O)O)c2)c2ccccc2)sc(C(=O)Nc2ccccc2)c1C. The van der Waals surface area contributed by atoms with Crippen LogP contribution in [0.5, 0.6) is 0 Å². The maximum Gasteiger partial charge on any atom is 0.341 e. The smallest absolute Gasteiger partial charge is 0.341 e. The van der Waals surface area contributed by atoms with Crippen LogP contribution in [0.1, 0.15) is 57.1 Å². The minimum atomic E-state index is -1.22. The van der Waals surface area contributed by atoms with Gasteiger partial charge in [-0.05, 0) is 60.5 Å².